The second-order valence-corrected chi connectivity index (χ2v) is 9.49. The maximum absolute atomic E-state index is 13.3. The highest BCUT2D eigenvalue weighted by atomic mass is 79.9. The minimum absolute atomic E-state index is 0.0587. The van der Waals surface area contributed by atoms with Crippen LogP contribution in [0.3, 0.4) is 0 Å². The summed E-state index contributed by atoms with van der Waals surface area (Å²) in [6.07, 6.45) is 0. The topological polar surface area (TPSA) is 42.4 Å². The van der Waals surface area contributed by atoms with Gasteiger partial charge < -0.3 is 4.74 Å². The summed E-state index contributed by atoms with van der Waals surface area (Å²) in [5, 5.41) is 0.667. The lowest BCUT2D eigenvalue weighted by atomic mass is 10.2. The molecule has 0 saturated heterocycles. The number of thiazole rings is 1. The zero-order chi connectivity index (χ0) is 19.5. The van der Waals surface area contributed by atoms with Crippen molar-refractivity contribution >= 4 is 59.9 Å². The van der Waals surface area contributed by atoms with Gasteiger partial charge in [0.1, 0.15) is 11.3 Å². The van der Waals surface area contributed by atoms with Gasteiger partial charge in [-0.25, -0.2) is 4.98 Å². The Morgan fingerprint density at radius 2 is 1.89 bits per heavy atom. The molecule has 4 nitrogen and oxygen atoms in total. The molecule has 0 radical (unpaired) electrons. The molecule has 0 aliphatic heterocycles. The van der Waals surface area contributed by atoms with Crippen molar-refractivity contribution in [1.29, 1.82) is 0 Å². The molecular formula is C21H17BrN2O2S2. The number of hydrogen-bond donors (Lipinski definition) is 0. The van der Waals surface area contributed by atoms with Gasteiger partial charge in [0.25, 0.3) is 5.91 Å². The van der Waals surface area contributed by atoms with E-state index in [1.54, 1.807) is 4.90 Å². The number of para-hydroxylation sites is 1. The lowest BCUT2D eigenvalue weighted by Crippen LogP contribution is -2.29. The summed E-state index contributed by atoms with van der Waals surface area (Å²) < 4.78 is 7.64. The highest BCUT2D eigenvalue weighted by Gasteiger charge is 2.23. The fourth-order valence-electron chi connectivity index (χ4n) is 2.85. The first-order valence-corrected chi connectivity index (χ1v) is 11.2. The number of thiophene rings is 1. The van der Waals surface area contributed by atoms with E-state index in [-0.39, 0.29) is 5.91 Å². The number of rotatable bonds is 6. The van der Waals surface area contributed by atoms with Crippen molar-refractivity contribution in [3.63, 3.8) is 0 Å². The van der Waals surface area contributed by atoms with Crippen LogP contribution in [0.1, 0.15) is 22.2 Å². The summed E-state index contributed by atoms with van der Waals surface area (Å²) in [5.41, 5.74) is 1.85. The third kappa shape index (κ3) is 3.97. The van der Waals surface area contributed by atoms with Crippen LogP contribution in [0.5, 0.6) is 5.75 Å². The molecule has 1 amide bonds. The molecule has 2 aromatic carbocycles. The van der Waals surface area contributed by atoms with Crippen LogP contribution in [0.2, 0.25) is 0 Å². The monoisotopic (exact) mass is 472 g/mol. The van der Waals surface area contributed by atoms with Gasteiger partial charge in [-0.05, 0) is 52.7 Å². The minimum Gasteiger partial charge on any atom is -0.492 e. The van der Waals surface area contributed by atoms with E-state index in [1.165, 1.54) is 22.7 Å². The Balaban J connectivity index is 1.77. The summed E-state index contributed by atoms with van der Waals surface area (Å²) >= 11 is 6.37. The lowest BCUT2D eigenvalue weighted by molar-refractivity contribution is 0.0989. The van der Waals surface area contributed by atoms with Gasteiger partial charge in [-0.1, -0.05) is 47.7 Å². The van der Waals surface area contributed by atoms with Crippen LogP contribution in [0.4, 0.5) is 5.13 Å². The van der Waals surface area contributed by atoms with Crippen LogP contribution in [-0.4, -0.2) is 17.5 Å². The Morgan fingerprint density at radius 1 is 1.07 bits per heavy atom. The molecule has 7 heteroatoms. The van der Waals surface area contributed by atoms with Gasteiger partial charge in [-0.15, -0.1) is 11.3 Å². The largest absolute Gasteiger partial charge is 0.492 e. The average Bonchev–Trinajstić information content (AvgIpc) is 3.33. The standard InChI is InChI=1S/C21H17BrN2O2S2/c1-2-26-15-9-6-10-16-19(15)23-21(28-16)24(13-14-7-4-3-5-8-14)20(25)17-11-12-18(22)27-17/h3-12H,2,13H2,1H3. The number of halogens is 1. The van der Waals surface area contributed by atoms with E-state index in [4.69, 9.17) is 9.72 Å². The first-order valence-electron chi connectivity index (χ1n) is 8.79. The molecule has 0 unspecified atom stereocenters. The number of fused-ring (bicyclic) bond motifs is 1. The highest BCUT2D eigenvalue weighted by Crippen LogP contribution is 2.36. The summed E-state index contributed by atoms with van der Waals surface area (Å²) in [6.45, 7) is 2.98. The van der Waals surface area contributed by atoms with Gasteiger partial charge in [0.05, 0.1) is 26.5 Å². The SMILES string of the molecule is CCOc1cccc2sc(N(Cc3ccccc3)C(=O)c3ccc(Br)s3)nc12. The second kappa shape index (κ2) is 8.43. The van der Waals surface area contributed by atoms with Crippen molar-refractivity contribution in [2.75, 3.05) is 11.5 Å². The molecule has 0 fully saturated rings. The summed E-state index contributed by atoms with van der Waals surface area (Å²) in [6, 6.07) is 19.6. The van der Waals surface area contributed by atoms with E-state index < -0.39 is 0 Å². The predicted molar refractivity (Wildman–Crippen MR) is 120 cm³/mol. The Labute approximate surface area is 179 Å². The first-order chi connectivity index (χ1) is 13.7. The number of hydrogen-bond acceptors (Lipinski definition) is 5. The molecule has 2 heterocycles. The summed E-state index contributed by atoms with van der Waals surface area (Å²) in [4.78, 5) is 20.5. The van der Waals surface area contributed by atoms with E-state index in [0.717, 1.165) is 25.3 Å². The number of aromatic nitrogens is 1. The fourth-order valence-corrected chi connectivity index (χ4v) is 5.17. The van der Waals surface area contributed by atoms with E-state index in [9.17, 15) is 4.79 Å². The van der Waals surface area contributed by atoms with Gasteiger partial charge in [0.2, 0.25) is 0 Å². The van der Waals surface area contributed by atoms with Gasteiger partial charge in [0, 0.05) is 0 Å². The molecule has 28 heavy (non-hydrogen) atoms. The van der Waals surface area contributed by atoms with Crippen molar-refractivity contribution in [1.82, 2.24) is 4.98 Å². The lowest BCUT2D eigenvalue weighted by Gasteiger charge is -2.19. The number of carbonyl (C=O) groups excluding carboxylic acids is 1. The number of nitrogens with zero attached hydrogens (tertiary/aromatic N) is 2. The highest BCUT2D eigenvalue weighted by molar-refractivity contribution is 9.11. The number of benzene rings is 2. The molecule has 0 aliphatic rings. The predicted octanol–water partition coefficient (Wildman–Crippen LogP) is 6.37. The molecular weight excluding hydrogens is 456 g/mol. The van der Waals surface area contributed by atoms with E-state index in [1.807, 2.05) is 67.6 Å². The van der Waals surface area contributed by atoms with Crippen molar-refractivity contribution in [3.8, 4) is 5.75 Å². The summed E-state index contributed by atoms with van der Waals surface area (Å²) in [7, 11) is 0. The number of ether oxygens (including phenoxy) is 1. The fraction of sp³-hybridized carbons (Fsp3) is 0.143. The van der Waals surface area contributed by atoms with Gasteiger partial charge in [-0.2, -0.15) is 0 Å². The van der Waals surface area contributed by atoms with Crippen LogP contribution in [0.25, 0.3) is 10.2 Å². The minimum atomic E-state index is -0.0587. The van der Waals surface area contributed by atoms with Crippen molar-refractivity contribution in [2.45, 2.75) is 13.5 Å². The van der Waals surface area contributed by atoms with Gasteiger partial charge >= 0.3 is 0 Å². The van der Waals surface area contributed by atoms with E-state index in [2.05, 4.69) is 15.9 Å². The maximum atomic E-state index is 13.3. The van der Waals surface area contributed by atoms with Crippen LogP contribution < -0.4 is 9.64 Å². The van der Waals surface area contributed by atoms with Crippen molar-refractivity contribution in [2.24, 2.45) is 0 Å². The Morgan fingerprint density at radius 3 is 2.61 bits per heavy atom. The smallest absolute Gasteiger partial charge is 0.270 e. The zero-order valence-electron chi connectivity index (χ0n) is 15.1. The van der Waals surface area contributed by atoms with Crippen molar-refractivity contribution in [3.05, 3.63) is 74.9 Å². The molecule has 0 N–H and O–H groups in total. The van der Waals surface area contributed by atoms with Gasteiger partial charge in [-0.3, -0.25) is 9.69 Å². The number of anilines is 1. The Bertz CT molecular complexity index is 1110. The molecule has 0 bridgehead atoms. The quantitative estimate of drug-likeness (QED) is 0.327. The third-order valence-corrected chi connectivity index (χ3v) is 6.77. The van der Waals surface area contributed by atoms with Gasteiger partial charge in [0.15, 0.2) is 5.13 Å². The molecule has 0 atom stereocenters. The van der Waals surface area contributed by atoms with Crippen LogP contribution in [0.15, 0.2) is 64.5 Å². The average molecular weight is 473 g/mol. The van der Waals surface area contributed by atoms with Crippen LogP contribution in [0, 0.1) is 0 Å². The number of carbonyl (C=O) groups is 1. The van der Waals surface area contributed by atoms with Crippen LogP contribution >= 0.6 is 38.6 Å². The molecule has 0 spiro atoms. The van der Waals surface area contributed by atoms with Crippen LogP contribution in [-0.2, 0) is 6.54 Å². The summed E-state index contributed by atoms with van der Waals surface area (Å²) in [5.74, 6) is 0.685. The van der Waals surface area contributed by atoms with Crippen molar-refractivity contribution < 1.29 is 9.53 Å². The molecule has 142 valence electrons. The Kier molecular flexibility index (Phi) is 5.75. The third-order valence-electron chi connectivity index (χ3n) is 4.11. The Hall–Kier alpha value is -2.22. The normalized spacial score (nSPS) is 10.9. The van der Waals surface area contributed by atoms with E-state index in [0.29, 0.717) is 23.2 Å². The molecule has 4 aromatic rings. The number of amides is 1. The molecule has 4 rings (SSSR count). The van der Waals surface area contributed by atoms with E-state index >= 15 is 0 Å². The molecule has 0 aliphatic carbocycles. The first kappa shape index (κ1) is 19.1. The molecule has 2 aromatic heterocycles. The zero-order valence-corrected chi connectivity index (χ0v) is 18.3. The second-order valence-electron chi connectivity index (χ2n) is 6.01. The molecule has 0 saturated carbocycles. The maximum Gasteiger partial charge on any atom is 0.270 e.